The molecule has 1 atom stereocenters. The minimum atomic E-state index is -0.383. The molecule has 0 aromatic heterocycles. The molecule has 0 saturated carbocycles. The molecule has 0 amide bonds. The van der Waals surface area contributed by atoms with Gasteiger partial charge in [0.05, 0.1) is 19.3 Å². The summed E-state index contributed by atoms with van der Waals surface area (Å²) in [6, 6.07) is 2.41. The quantitative estimate of drug-likeness (QED) is 0.497. The van der Waals surface area contributed by atoms with Crippen LogP contribution in [0.25, 0.3) is 0 Å². The number of ether oxygens (including phenoxy) is 2. The highest BCUT2D eigenvalue weighted by atomic mass is 16.5. The van der Waals surface area contributed by atoms with Crippen LogP contribution in [-0.4, -0.2) is 63.5 Å². The molecule has 0 aromatic rings. The Kier molecular flexibility index (Phi) is 12.6. The van der Waals surface area contributed by atoms with Crippen LogP contribution in [-0.2, 0) is 9.47 Å². The van der Waals surface area contributed by atoms with Crippen LogP contribution in [0.2, 0.25) is 0 Å². The molecule has 0 fully saturated rings. The summed E-state index contributed by atoms with van der Waals surface area (Å²) in [5.41, 5.74) is -0.383. The largest absolute Gasteiger partial charge is 0.380 e. The highest BCUT2D eigenvalue weighted by molar-refractivity contribution is 5.05. The van der Waals surface area contributed by atoms with Crippen molar-refractivity contribution in [1.29, 1.82) is 5.26 Å². The van der Waals surface area contributed by atoms with Gasteiger partial charge in [0.25, 0.3) is 0 Å². The average molecular weight is 299 g/mol. The van der Waals surface area contributed by atoms with E-state index in [0.29, 0.717) is 0 Å². The van der Waals surface area contributed by atoms with Crippen molar-refractivity contribution in [2.45, 2.75) is 45.6 Å². The monoisotopic (exact) mass is 299 g/mol. The van der Waals surface area contributed by atoms with Gasteiger partial charge in [-0.15, -0.1) is 0 Å². The van der Waals surface area contributed by atoms with Crippen molar-refractivity contribution in [2.75, 3.05) is 53.1 Å². The fourth-order valence-corrected chi connectivity index (χ4v) is 2.29. The van der Waals surface area contributed by atoms with E-state index in [4.69, 9.17) is 9.47 Å². The van der Waals surface area contributed by atoms with E-state index in [1.54, 1.807) is 0 Å². The summed E-state index contributed by atoms with van der Waals surface area (Å²) in [4.78, 5) is 2.36. The molecule has 0 spiro atoms. The van der Waals surface area contributed by atoms with Gasteiger partial charge in [0.1, 0.15) is 5.54 Å². The van der Waals surface area contributed by atoms with Crippen molar-refractivity contribution < 1.29 is 9.47 Å². The number of hydrogen-bond acceptors (Lipinski definition) is 5. The fourth-order valence-electron chi connectivity index (χ4n) is 2.29. The first kappa shape index (κ1) is 20.3. The van der Waals surface area contributed by atoms with Crippen molar-refractivity contribution in [2.24, 2.45) is 0 Å². The van der Waals surface area contributed by atoms with E-state index in [1.807, 2.05) is 20.9 Å². The van der Waals surface area contributed by atoms with E-state index in [-0.39, 0.29) is 5.54 Å². The standard InChI is InChI=1S/C16H33N3O2/c1-5-16(15-17,18-4)9-8-10-19(11-13-20-6-2)12-14-21-7-3/h18H,5-14H2,1-4H3. The van der Waals surface area contributed by atoms with E-state index >= 15 is 0 Å². The molecule has 5 nitrogen and oxygen atoms in total. The van der Waals surface area contributed by atoms with Gasteiger partial charge in [-0.3, -0.25) is 4.90 Å². The minimum absolute atomic E-state index is 0.383. The summed E-state index contributed by atoms with van der Waals surface area (Å²) in [6.07, 6.45) is 2.70. The third kappa shape index (κ3) is 9.05. The maximum absolute atomic E-state index is 9.32. The Labute approximate surface area is 130 Å². The van der Waals surface area contributed by atoms with Crippen LogP contribution >= 0.6 is 0 Å². The van der Waals surface area contributed by atoms with Gasteiger partial charge in [-0.25, -0.2) is 0 Å². The zero-order valence-corrected chi connectivity index (χ0v) is 14.3. The Morgan fingerprint density at radius 2 is 1.62 bits per heavy atom. The van der Waals surface area contributed by atoms with E-state index in [1.165, 1.54) is 0 Å². The predicted molar refractivity (Wildman–Crippen MR) is 86.4 cm³/mol. The van der Waals surface area contributed by atoms with Gasteiger partial charge in [-0.2, -0.15) is 5.26 Å². The summed E-state index contributed by atoms with van der Waals surface area (Å²) in [5.74, 6) is 0. The molecule has 0 aliphatic heterocycles. The Hall–Kier alpha value is -0.670. The molecular weight excluding hydrogens is 266 g/mol. The first-order chi connectivity index (χ1) is 10.2. The lowest BCUT2D eigenvalue weighted by Crippen LogP contribution is -2.42. The Balaban J connectivity index is 4.16. The first-order valence-electron chi connectivity index (χ1n) is 8.16. The zero-order valence-electron chi connectivity index (χ0n) is 14.3. The number of rotatable bonds is 14. The van der Waals surface area contributed by atoms with Crippen molar-refractivity contribution >= 4 is 0 Å². The van der Waals surface area contributed by atoms with Crippen molar-refractivity contribution in [3.8, 4) is 6.07 Å². The van der Waals surface area contributed by atoms with Gasteiger partial charge in [0.2, 0.25) is 0 Å². The SMILES string of the molecule is CCOCCN(CCCC(C#N)(CC)NC)CCOCC. The Morgan fingerprint density at radius 1 is 1.05 bits per heavy atom. The van der Waals surface area contributed by atoms with Gasteiger partial charge in [0.15, 0.2) is 0 Å². The van der Waals surface area contributed by atoms with Crippen LogP contribution in [0.5, 0.6) is 0 Å². The topological polar surface area (TPSA) is 57.5 Å². The number of nitrogens with one attached hydrogen (secondary N) is 1. The predicted octanol–water partition coefficient (Wildman–Crippen LogP) is 2.03. The lowest BCUT2D eigenvalue weighted by atomic mass is 9.92. The number of nitrogens with zero attached hydrogens (tertiary/aromatic N) is 2. The molecule has 0 aromatic carbocycles. The van der Waals surface area contributed by atoms with E-state index in [9.17, 15) is 5.26 Å². The summed E-state index contributed by atoms with van der Waals surface area (Å²) in [7, 11) is 1.87. The highest BCUT2D eigenvalue weighted by Gasteiger charge is 2.25. The van der Waals surface area contributed by atoms with Crippen molar-refractivity contribution in [3.63, 3.8) is 0 Å². The molecule has 124 valence electrons. The maximum Gasteiger partial charge on any atom is 0.106 e. The Bertz CT molecular complexity index is 265. The molecule has 0 aliphatic carbocycles. The van der Waals surface area contributed by atoms with Crippen molar-refractivity contribution in [3.05, 3.63) is 0 Å². The van der Waals surface area contributed by atoms with Gasteiger partial charge < -0.3 is 14.8 Å². The molecule has 0 rings (SSSR count). The normalized spacial score (nSPS) is 14.1. The molecule has 1 N–H and O–H groups in total. The van der Waals surface area contributed by atoms with Gasteiger partial charge >= 0.3 is 0 Å². The molecule has 5 heteroatoms. The maximum atomic E-state index is 9.32. The molecule has 21 heavy (non-hydrogen) atoms. The zero-order chi connectivity index (χ0) is 16.0. The first-order valence-corrected chi connectivity index (χ1v) is 8.16. The molecule has 1 unspecified atom stereocenters. The van der Waals surface area contributed by atoms with Crippen LogP contribution in [0.15, 0.2) is 0 Å². The lowest BCUT2D eigenvalue weighted by molar-refractivity contribution is 0.0813. The Morgan fingerprint density at radius 3 is 2.00 bits per heavy atom. The third-order valence-electron chi connectivity index (χ3n) is 3.89. The minimum Gasteiger partial charge on any atom is -0.380 e. The van der Waals surface area contributed by atoms with Crippen LogP contribution in [0.4, 0.5) is 0 Å². The van der Waals surface area contributed by atoms with Crippen molar-refractivity contribution in [1.82, 2.24) is 10.2 Å². The second-order valence-electron chi connectivity index (χ2n) is 5.14. The van der Waals surface area contributed by atoms with Crippen LogP contribution < -0.4 is 5.32 Å². The molecule has 0 bridgehead atoms. The second-order valence-corrected chi connectivity index (χ2v) is 5.14. The molecule has 0 saturated heterocycles. The summed E-state index contributed by atoms with van der Waals surface area (Å²) in [5, 5.41) is 12.5. The van der Waals surface area contributed by atoms with Gasteiger partial charge in [0, 0.05) is 26.3 Å². The molecule has 0 radical (unpaired) electrons. The lowest BCUT2D eigenvalue weighted by Gasteiger charge is -2.27. The van der Waals surface area contributed by atoms with Crippen LogP contribution in [0.3, 0.4) is 0 Å². The fraction of sp³-hybridized carbons (Fsp3) is 0.938. The van der Waals surface area contributed by atoms with E-state index in [2.05, 4.69) is 23.2 Å². The number of nitriles is 1. The summed E-state index contributed by atoms with van der Waals surface area (Å²) < 4.78 is 10.9. The third-order valence-corrected chi connectivity index (χ3v) is 3.89. The van der Waals surface area contributed by atoms with Gasteiger partial charge in [-0.1, -0.05) is 6.92 Å². The average Bonchev–Trinajstić information content (AvgIpc) is 2.52. The van der Waals surface area contributed by atoms with E-state index in [0.717, 1.165) is 65.3 Å². The highest BCUT2D eigenvalue weighted by Crippen LogP contribution is 2.16. The van der Waals surface area contributed by atoms with Crippen LogP contribution in [0, 0.1) is 11.3 Å². The molecule has 0 aliphatic rings. The smallest absolute Gasteiger partial charge is 0.106 e. The molecule has 0 heterocycles. The van der Waals surface area contributed by atoms with Gasteiger partial charge in [-0.05, 0) is 46.7 Å². The number of hydrogen-bond donors (Lipinski definition) is 1. The summed E-state index contributed by atoms with van der Waals surface area (Å²) >= 11 is 0. The van der Waals surface area contributed by atoms with Crippen LogP contribution in [0.1, 0.15) is 40.0 Å². The second kappa shape index (κ2) is 13.0. The molecular formula is C16H33N3O2. The van der Waals surface area contributed by atoms with E-state index < -0.39 is 0 Å². The summed E-state index contributed by atoms with van der Waals surface area (Å²) in [6.45, 7) is 11.9.